The summed E-state index contributed by atoms with van der Waals surface area (Å²) in [5.74, 6) is 0. The molecular formula is C29H61NO2. The van der Waals surface area contributed by atoms with E-state index in [1.165, 1.54) is 128 Å². The minimum atomic E-state index is -0.0190. The van der Waals surface area contributed by atoms with Gasteiger partial charge in [0, 0.05) is 26.2 Å². The molecule has 0 N–H and O–H groups in total. The Morgan fingerprint density at radius 3 is 1.09 bits per heavy atom. The summed E-state index contributed by atoms with van der Waals surface area (Å²) < 4.78 is 12.2. The van der Waals surface area contributed by atoms with Crippen LogP contribution in [0, 0.1) is 0 Å². The minimum Gasteiger partial charge on any atom is -0.353 e. The van der Waals surface area contributed by atoms with Crippen LogP contribution in [-0.4, -0.2) is 45.0 Å². The van der Waals surface area contributed by atoms with Crippen LogP contribution in [-0.2, 0) is 9.47 Å². The lowest BCUT2D eigenvalue weighted by Gasteiger charge is -2.20. The van der Waals surface area contributed by atoms with Crippen LogP contribution in [0.2, 0.25) is 0 Å². The van der Waals surface area contributed by atoms with E-state index in [4.69, 9.17) is 9.47 Å². The Balaban J connectivity index is 3.62. The molecule has 0 atom stereocenters. The molecule has 0 bridgehead atoms. The Kier molecular flexibility index (Phi) is 27.0. The predicted molar refractivity (Wildman–Crippen MR) is 143 cm³/mol. The van der Waals surface area contributed by atoms with Crippen LogP contribution in [0.3, 0.4) is 0 Å². The Morgan fingerprint density at radius 1 is 0.469 bits per heavy atom. The fourth-order valence-electron chi connectivity index (χ4n) is 4.19. The van der Waals surface area contributed by atoms with Gasteiger partial charge in [0.05, 0.1) is 0 Å². The van der Waals surface area contributed by atoms with Crippen LogP contribution < -0.4 is 0 Å². The van der Waals surface area contributed by atoms with Crippen LogP contribution in [0.25, 0.3) is 0 Å². The molecule has 0 aliphatic heterocycles. The van der Waals surface area contributed by atoms with E-state index >= 15 is 0 Å². The summed E-state index contributed by atoms with van der Waals surface area (Å²) in [5.41, 5.74) is 0. The van der Waals surface area contributed by atoms with Crippen molar-refractivity contribution in [2.45, 2.75) is 155 Å². The maximum Gasteiger partial charge on any atom is 0.158 e. The smallest absolute Gasteiger partial charge is 0.158 e. The van der Waals surface area contributed by atoms with Crippen molar-refractivity contribution >= 4 is 0 Å². The van der Waals surface area contributed by atoms with Crippen LogP contribution in [0.4, 0.5) is 0 Å². The number of rotatable bonds is 27. The highest BCUT2D eigenvalue weighted by Gasteiger charge is 2.10. The Hall–Kier alpha value is -0.120. The SMILES string of the molecule is CCCCCCCCCCCCOC(CCN(C)C)OCCCCCCCCCCCC. The monoisotopic (exact) mass is 455 g/mol. The second-order valence-corrected chi connectivity index (χ2v) is 10.1. The summed E-state index contributed by atoms with van der Waals surface area (Å²) in [5, 5.41) is 0. The average Bonchev–Trinajstić information content (AvgIpc) is 2.78. The first-order valence-electron chi connectivity index (χ1n) is 14.6. The van der Waals surface area contributed by atoms with Crippen LogP contribution in [0.15, 0.2) is 0 Å². The highest BCUT2D eigenvalue weighted by atomic mass is 16.7. The van der Waals surface area contributed by atoms with Crippen LogP contribution >= 0.6 is 0 Å². The fourth-order valence-corrected chi connectivity index (χ4v) is 4.19. The molecule has 32 heavy (non-hydrogen) atoms. The number of hydrogen-bond acceptors (Lipinski definition) is 3. The number of hydrogen-bond donors (Lipinski definition) is 0. The maximum atomic E-state index is 6.11. The van der Waals surface area contributed by atoms with Gasteiger partial charge < -0.3 is 14.4 Å². The molecule has 0 aliphatic carbocycles. The Morgan fingerprint density at radius 2 is 0.781 bits per heavy atom. The summed E-state index contributed by atoms with van der Waals surface area (Å²) >= 11 is 0. The van der Waals surface area contributed by atoms with Crippen molar-refractivity contribution in [1.29, 1.82) is 0 Å². The normalized spacial score (nSPS) is 11.8. The average molecular weight is 456 g/mol. The largest absolute Gasteiger partial charge is 0.353 e. The highest BCUT2D eigenvalue weighted by molar-refractivity contribution is 4.53. The third-order valence-corrected chi connectivity index (χ3v) is 6.42. The molecule has 0 aromatic carbocycles. The molecule has 3 nitrogen and oxygen atoms in total. The first-order chi connectivity index (χ1) is 15.7. The van der Waals surface area contributed by atoms with Crippen molar-refractivity contribution in [3.63, 3.8) is 0 Å². The molecule has 0 radical (unpaired) electrons. The van der Waals surface area contributed by atoms with E-state index in [-0.39, 0.29) is 6.29 Å². The molecule has 194 valence electrons. The molecule has 0 heterocycles. The van der Waals surface area contributed by atoms with Crippen molar-refractivity contribution in [3.05, 3.63) is 0 Å². The quantitative estimate of drug-likeness (QED) is 0.0910. The van der Waals surface area contributed by atoms with E-state index in [0.717, 1.165) is 26.2 Å². The third kappa shape index (κ3) is 26.1. The molecular weight excluding hydrogens is 394 g/mol. The molecule has 0 rings (SSSR count). The van der Waals surface area contributed by atoms with Gasteiger partial charge in [0.25, 0.3) is 0 Å². The van der Waals surface area contributed by atoms with E-state index < -0.39 is 0 Å². The maximum absolute atomic E-state index is 6.11. The Bertz CT molecular complexity index is 309. The van der Waals surface area contributed by atoms with Crippen molar-refractivity contribution in [2.24, 2.45) is 0 Å². The summed E-state index contributed by atoms with van der Waals surface area (Å²) in [6.45, 7) is 7.31. The molecule has 0 aliphatic rings. The lowest BCUT2D eigenvalue weighted by molar-refractivity contribution is -0.148. The zero-order chi connectivity index (χ0) is 23.5. The molecule has 0 aromatic heterocycles. The number of nitrogens with zero attached hydrogens (tertiary/aromatic N) is 1. The third-order valence-electron chi connectivity index (χ3n) is 6.42. The molecule has 0 saturated heterocycles. The predicted octanol–water partition coefficient (Wildman–Crippen LogP) is 9.14. The van der Waals surface area contributed by atoms with Gasteiger partial charge in [-0.05, 0) is 26.9 Å². The van der Waals surface area contributed by atoms with E-state index in [9.17, 15) is 0 Å². The first-order valence-corrected chi connectivity index (χ1v) is 14.6. The van der Waals surface area contributed by atoms with Crippen molar-refractivity contribution in [3.8, 4) is 0 Å². The standard InChI is InChI=1S/C29H61NO2/c1-5-7-9-11-13-15-17-19-21-23-27-31-29(25-26-30(3)4)32-28-24-22-20-18-16-14-12-10-8-6-2/h29H,5-28H2,1-4H3. The van der Waals surface area contributed by atoms with E-state index in [2.05, 4.69) is 32.8 Å². The van der Waals surface area contributed by atoms with E-state index in [1.54, 1.807) is 0 Å². The van der Waals surface area contributed by atoms with Gasteiger partial charge in [-0.25, -0.2) is 0 Å². The number of unbranched alkanes of at least 4 members (excludes halogenated alkanes) is 18. The minimum absolute atomic E-state index is 0.0190. The molecule has 0 spiro atoms. The van der Waals surface area contributed by atoms with Crippen molar-refractivity contribution < 1.29 is 9.47 Å². The van der Waals surface area contributed by atoms with Gasteiger partial charge in [0.2, 0.25) is 0 Å². The lowest BCUT2D eigenvalue weighted by atomic mass is 10.1. The van der Waals surface area contributed by atoms with Gasteiger partial charge in [0.15, 0.2) is 6.29 Å². The summed E-state index contributed by atoms with van der Waals surface area (Å²) in [6, 6.07) is 0. The summed E-state index contributed by atoms with van der Waals surface area (Å²) in [6.07, 6.45) is 28.3. The van der Waals surface area contributed by atoms with E-state index in [1.807, 2.05) is 0 Å². The molecule has 0 aromatic rings. The second kappa shape index (κ2) is 27.1. The van der Waals surface area contributed by atoms with E-state index in [0.29, 0.717) is 0 Å². The van der Waals surface area contributed by atoms with Gasteiger partial charge in [-0.2, -0.15) is 0 Å². The van der Waals surface area contributed by atoms with Crippen LogP contribution in [0.5, 0.6) is 0 Å². The van der Waals surface area contributed by atoms with Crippen LogP contribution in [0.1, 0.15) is 149 Å². The lowest BCUT2D eigenvalue weighted by Crippen LogP contribution is -2.25. The zero-order valence-corrected chi connectivity index (χ0v) is 22.8. The second-order valence-electron chi connectivity index (χ2n) is 10.1. The molecule has 3 heteroatoms. The molecule has 0 fully saturated rings. The fraction of sp³-hybridized carbons (Fsp3) is 1.00. The van der Waals surface area contributed by atoms with Gasteiger partial charge >= 0.3 is 0 Å². The van der Waals surface area contributed by atoms with Gasteiger partial charge in [-0.3, -0.25) is 0 Å². The zero-order valence-electron chi connectivity index (χ0n) is 22.8. The first kappa shape index (κ1) is 31.9. The van der Waals surface area contributed by atoms with Gasteiger partial charge in [-0.15, -0.1) is 0 Å². The Labute approximate surface area is 203 Å². The summed E-state index contributed by atoms with van der Waals surface area (Å²) in [4.78, 5) is 2.22. The molecule has 0 saturated carbocycles. The van der Waals surface area contributed by atoms with Gasteiger partial charge in [0.1, 0.15) is 0 Å². The van der Waals surface area contributed by atoms with Gasteiger partial charge in [-0.1, -0.05) is 129 Å². The molecule has 0 amide bonds. The molecule has 0 unspecified atom stereocenters. The summed E-state index contributed by atoms with van der Waals surface area (Å²) in [7, 11) is 4.25. The highest BCUT2D eigenvalue weighted by Crippen LogP contribution is 2.13. The number of ether oxygens (including phenoxy) is 2. The topological polar surface area (TPSA) is 21.7 Å². The van der Waals surface area contributed by atoms with Crippen molar-refractivity contribution in [1.82, 2.24) is 4.90 Å². The van der Waals surface area contributed by atoms with Crippen molar-refractivity contribution in [2.75, 3.05) is 33.9 Å².